The van der Waals surface area contributed by atoms with Crippen LogP contribution in [0.25, 0.3) is 0 Å². The number of nitrogens with zero attached hydrogens (tertiary/aromatic N) is 1. The van der Waals surface area contributed by atoms with Crippen molar-refractivity contribution in [1.82, 2.24) is 10.6 Å². The largest absolute Gasteiger partial charge is 0.353 e. The summed E-state index contributed by atoms with van der Waals surface area (Å²) in [4.78, 5) is 16.0. The van der Waals surface area contributed by atoms with Crippen LogP contribution in [0, 0.1) is 0 Å². The highest BCUT2D eigenvalue weighted by Gasteiger charge is 2.31. The quantitative estimate of drug-likeness (QED) is 0.877. The van der Waals surface area contributed by atoms with E-state index < -0.39 is 12.5 Å². The molecule has 0 bridgehead atoms. The lowest BCUT2D eigenvalue weighted by atomic mass is 10.1. The first-order chi connectivity index (χ1) is 9.13. The van der Waals surface area contributed by atoms with Crippen LogP contribution in [-0.2, 0) is 4.79 Å². The second-order valence-corrected chi connectivity index (χ2v) is 4.76. The van der Waals surface area contributed by atoms with Gasteiger partial charge < -0.3 is 5.32 Å². The molecule has 0 spiro atoms. The van der Waals surface area contributed by atoms with Crippen LogP contribution in [0.15, 0.2) is 29.3 Å². The zero-order chi connectivity index (χ0) is 13.4. The molecule has 2 aliphatic rings. The van der Waals surface area contributed by atoms with Crippen molar-refractivity contribution >= 4 is 11.9 Å². The average molecular weight is 265 g/mol. The normalized spacial score (nSPS) is 22.4. The average Bonchev–Trinajstić information content (AvgIpc) is 3.12. The standard InChI is InChI=1S/C13H13F2N3O/c14-11(15)8-3-1-7(2-4-8)10-12(19)18-13(17-10)16-9-5-6-9/h1-4,9-11H,5-6H2,(H2,16,17,18,19). The molecule has 6 heteroatoms. The maximum atomic E-state index is 12.4. The van der Waals surface area contributed by atoms with Crippen LogP contribution in [-0.4, -0.2) is 17.9 Å². The van der Waals surface area contributed by atoms with Gasteiger partial charge in [-0.15, -0.1) is 0 Å². The maximum absolute atomic E-state index is 12.4. The van der Waals surface area contributed by atoms with E-state index in [0.717, 1.165) is 12.8 Å². The Morgan fingerprint density at radius 3 is 2.53 bits per heavy atom. The van der Waals surface area contributed by atoms with Gasteiger partial charge in [0.2, 0.25) is 0 Å². The molecular weight excluding hydrogens is 252 g/mol. The first kappa shape index (κ1) is 12.1. The van der Waals surface area contributed by atoms with E-state index in [1.807, 2.05) is 0 Å². The highest BCUT2D eigenvalue weighted by molar-refractivity contribution is 6.05. The highest BCUT2D eigenvalue weighted by atomic mass is 19.3. The van der Waals surface area contributed by atoms with Crippen molar-refractivity contribution < 1.29 is 13.6 Å². The van der Waals surface area contributed by atoms with Crippen molar-refractivity contribution in [3.8, 4) is 0 Å². The molecule has 3 rings (SSSR count). The van der Waals surface area contributed by atoms with Crippen LogP contribution < -0.4 is 10.6 Å². The van der Waals surface area contributed by atoms with Gasteiger partial charge in [0.15, 0.2) is 12.0 Å². The SMILES string of the molecule is O=C1NC(NC2CC2)=NC1c1ccc(C(F)F)cc1. The number of aliphatic imine (C=N–C) groups is 1. The number of halogens is 2. The van der Waals surface area contributed by atoms with E-state index in [0.29, 0.717) is 17.6 Å². The van der Waals surface area contributed by atoms with E-state index in [1.54, 1.807) is 0 Å². The summed E-state index contributed by atoms with van der Waals surface area (Å²) in [6.07, 6.45) is -0.326. The van der Waals surface area contributed by atoms with E-state index in [1.165, 1.54) is 24.3 Å². The summed E-state index contributed by atoms with van der Waals surface area (Å²) in [5.74, 6) is 0.253. The highest BCUT2D eigenvalue weighted by Crippen LogP contribution is 2.26. The third-order valence-electron chi connectivity index (χ3n) is 3.17. The van der Waals surface area contributed by atoms with Crippen molar-refractivity contribution in [2.45, 2.75) is 31.4 Å². The van der Waals surface area contributed by atoms with Gasteiger partial charge >= 0.3 is 0 Å². The number of alkyl halides is 2. The lowest BCUT2D eigenvalue weighted by molar-refractivity contribution is -0.120. The smallest absolute Gasteiger partial charge is 0.263 e. The van der Waals surface area contributed by atoms with Gasteiger partial charge in [-0.05, 0) is 18.4 Å². The van der Waals surface area contributed by atoms with E-state index in [2.05, 4.69) is 15.6 Å². The Morgan fingerprint density at radius 2 is 1.95 bits per heavy atom. The summed E-state index contributed by atoms with van der Waals surface area (Å²) in [6, 6.07) is 5.46. The van der Waals surface area contributed by atoms with Crippen LogP contribution in [0.4, 0.5) is 8.78 Å². The molecule has 1 atom stereocenters. The number of hydrogen-bond acceptors (Lipinski definition) is 3. The Hall–Kier alpha value is -1.98. The van der Waals surface area contributed by atoms with E-state index >= 15 is 0 Å². The van der Waals surface area contributed by atoms with E-state index in [4.69, 9.17) is 0 Å². The minimum atomic E-state index is -2.50. The summed E-state index contributed by atoms with van der Waals surface area (Å²) in [6.45, 7) is 0. The molecule has 2 N–H and O–H groups in total. The number of benzene rings is 1. The molecule has 1 amide bonds. The van der Waals surface area contributed by atoms with Crippen LogP contribution in [0.2, 0.25) is 0 Å². The van der Waals surface area contributed by atoms with Gasteiger partial charge in [0.05, 0.1) is 0 Å². The molecule has 0 aromatic heterocycles. The van der Waals surface area contributed by atoms with E-state index in [9.17, 15) is 13.6 Å². The number of carbonyl (C=O) groups excluding carboxylic acids is 1. The Labute approximate surface area is 108 Å². The number of amides is 1. The molecule has 1 saturated carbocycles. The van der Waals surface area contributed by atoms with Gasteiger partial charge in [-0.25, -0.2) is 13.8 Å². The molecule has 100 valence electrons. The molecule has 1 aromatic carbocycles. The van der Waals surface area contributed by atoms with Crippen molar-refractivity contribution in [1.29, 1.82) is 0 Å². The Morgan fingerprint density at radius 1 is 1.26 bits per heavy atom. The molecule has 1 fully saturated rings. The van der Waals surface area contributed by atoms with Gasteiger partial charge in [0.25, 0.3) is 12.3 Å². The molecule has 0 saturated heterocycles. The Balaban J connectivity index is 1.76. The topological polar surface area (TPSA) is 53.5 Å². The zero-order valence-electron chi connectivity index (χ0n) is 10.1. The fourth-order valence-corrected chi connectivity index (χ4v) is 1.95. The first-order valence-electron chi connectivity index (χ1n) is 6.16. The molecular formula is C13H13F2N3O. The lowest BCUT2D eigenvalue weighted by Gasteiger charge is -2.06. The fraction of sp³-hybridized carbons (Fsp3) is 0.385. The first-order valence-corrected chi connectivity index (χ1v) is 6.16. The molecule has 1 aliphatic heterocycles. The summed E-state index contributed by atoms with van der Waals surface area (Å²) in [5, 5.41) is 5.77. The van der Waals surface area contributed by atoms with Gasteiger partial charge in [0.1, 0.15) is 0 Å². The van der Waals surface area contributed by atoms with Gasteiger partial charge in [-0.2, -0.15) is 0 Å². The summed E-state index contributed by atoms with van der Waals surface area (Å²) < 4.78 is 24.9. The van der Waals surface area contributed by atoms with Crippen molar-refractivity contribution in [3.63, 3.8) is 0 Å². The third-order valence-corrected chi connectivity index (χ3v) is 3.17. The van der Waals surface area contributed by atoms with Crippen molar-refractivity contribution in [2.75, 3.05) is 0 Å². The third kappa shape index (κ3) is 2.57. The lowest BCUT2D eigenvalue weighted by Crippen LogP contribution is -2.37. The fourth-order valence-electron chi connectivity index (χ4n) is 1.95. The number of guanidine groups is 1. The predicted molar refractivity (Wildman–Crippen MR) is 65.9 cm³/mol. The molecule has 19 heavy (non-hydrogen) atoms. The predicted octanol–water partition coefficient (Wildman–Crippen LogP) is 1.90. The number of rotatable bonds is 3. The van der Waals surface area contributed by atoms with Crippen LogP contribution in [0.5, 0.6) is 0 Å². The Kier molecular flexibility index (Phi) is 2.93. The second-order valence-electron chi connectivity index (χ2n) is 4.76. The zero-order valence-corrected chi connectivity index (χ0v) is 10.1. The molecule has 0 radical (unpaired) electrons. The monoisotopic (exact) mass is 265 g/mol. The maximum Gasteiger partial charge on any atom is 0.263 e. The minimum Gasteiger partial charge on any atom is -0.353 e. The minimum absolute atomic E-state index is 0.0533. The van der Waals surface area contributed by atoms with Crippen LogP contribution in [0.1, 0.15) is 36.4 Å². The van der Waals surface area contributed by atoms with Crippen LogP contribution in [0.3, 0.4) is 0 Å². The van der Waals surface area contributed by atoms with Gasteiger partial charge in [-0.3, -0.25) is 10.1 Å². The second kappa shape index (κ2) is 4.60. The summed E-state index contributed by atoms with van der Waals surface area (Å²) in [7, 11) is 0. The van der Waals surface area contributed by atoms with Gasteiger partial charge in [-0.1, -0.05) is 24.3 Å². The molecule has 1 aliphatic carbocycles. The van der Waals surface area contributed by atoms with Gasteiger partial charge in [0, 0.05) is 11.6 Å². The number of nitrogens with one attached hydrogen (secondary N) is 2. The van der Waals surface area contributed by atoms with Crippen LogP contribution >= 0.6 is 0 Å². The Bertz CT molecular complexity index is 523. The number of hydrogen-bond donors (Lipinski definition) is 2. The molecule has 1 aromatic rings. The molecule has 1 heterocycles. The van der Waals surface area contributed by atoms with Crippen molar-refractivity contribution in [3.05, 3.63) is 35.4 Å². The summed E-state index contributed by atoms with van der Waals surface area (Å²) >= 11 is 0. The molecule has 1 unspecified atom stereocenters. The molecule has 4 nitrogen and oxygen atoms in total. The number of carbonyl (C=O) groups is 1. The van der Waals surface area contributed by atoms with Crippen molar-refractivity contribution in [2.24, 2.45) is 4.99 Å². The van der Waals surface area contributed by atoms with E-state index in [-0.39, 0.29) is 11.5 Å². The summed E-state index contributed by atoms with van der Waals surface area (Å²) in [5.41, 5.74) is 0.567.